The van der Waals surface area contributed by atoms with Crippen LogP contribution in [-0.2, 0) is 11.3 Å². The minimum absolute atomic E-state index is 0.556. The zero-order chi connectivity index (χ0) is 18.2. The third kappa shape index (κ3) is 6.41. The maximum absolute atomic E-state index is 5.34. The standard InChI is InChI=1S/C18H31N5OS/c1-14(2)13-23-15(3)11-17(16(23)4)12-20-21-18(25)19-5-6-22-7-9-24-10-8-22/h11-12,14H,5-10,13H2,1-4H3,(H2,19,21,25)/b20-12-. The first-order valence-corrected chi connectivity index (χ1v) is 9.42. The van der Waals surface area contributed by atoms with Crippen LogP contribution < -0.4 is 10.7 Å². The van der Waals surface area contributed by atoms with E-state index in [-0.39, 0.29) is 0 Å². The molecule has 2 rings (SSSR count). The van der Waals surface area contributed by atoms with Crippen molar-refractivity contribution in [1.29, 1.82) is 0 Å². The molecule has 1 aliphatic heterocycles. The van der Waals surface area contributed by atoms with E-state index in [1.54, 1.807) is 0 Å². The molecular formula is C18H31N5OS. The molecule has 0 aliphatic carbocycles. The summed E-state index contributed by atoms with van der Waals surface area (Å²) in [4.78, 5) is 2.37. The Morgan fingerprint density at radius 1 is 1.36 bits per heavy atom. The van der Waals surface area contributed by atoms with Crippen LogP contribution in [0, 0.1) is 19.8 Å². The van der Waals surface area contributed by atoms with Crippen molar-refractivity contribution < 1.29 is 4.74 Å². The molecule has 0 unspecified atom stereocenters. The third-order valence-electron chi connectivity index (χ3n) is 4.35. The number of rotatable bonds is 7. The molecule has 2 N–H and O–H groups in total. The zero-order valence-electron chi connectivity index (χ0n) is 15.8. The average molecular weight is 366 g/mol. The summed E-state index contributed by atoms with van der Waals surface area (Å²) in [6.07, 6.45) is 1.84. The van der Waals surface area contributed by atoms with Gasteiger partial charge < -0.3 is 14.6 Å². The first kappa shape index (κ1) is 19.9. The minimum Gasteiger partial charge on any atom is -0.379 e. The average Bonchev–Trinajstić information content (AvgIpc) is 2.83. The smallest absolute Gasteiger partial charge is 0.187 e. The Kier molecular flexibility index (Phi) is 7.87. The molecule has 0 bridgehead atoms. The number of thiocarbonyl (C=S) groups is 1. The molecule has 0 atom stereocenters. The topological polar surface area (TPSA) is 53.8 Å². The van der Waals surface area contributed by atoms with Crippen LogP contribution in [0.25, 0.3) is 0 Å². The van der Waals surface area contributed by atoms with Crippen LogP contribution in [0.4, 0.5) is 0 Å². The summed E-state index contributed by atoms with van der Waals surface area (Å²) < 4.78 is 7.68. The molecule has 140 valence electrons. The number of hydrazone groups is 1. The number of ether oxygens (including phenoxy) is 1. The third-order valence-corrected chi connectivity index (χ3v) is 4.58. The lowest BCUT2D eigenvalue weighted by Gasteiger charge is -2.26. The van der Waals surface area contributed by atoms with E-state index in [2.05, 4.69) is 59.1 Å². The number of aromatic nitrogens is 1. The number of hydrogen-bond acceptors (Lipinski definition) is 4. The van der Waals surface area contributed by atoms with Crippen LogP contribution in [0.3, 0.4) is 0 Å². The molecule has 0 amide bonds. The maximum Gasteiger partial charge on any atom is 0.187 e. The molecule has 0 radical (unpaired) electrons. The summed E-state index contributed by atoms with van der Waals surface area (Å²) >= 11 is 5.27. The van der Waals surface area contributed by atoms with Gasteiger partial charge in [-0.25, -0.2) is 0 Å². The van der Waals surface area contributed by atoms with Crippen molar-refractivity contribution in [3.8, 4) is 0 Å². The number of morpholine rings is 1. The minimum atomic E-state index is 0.556. The predicted molar refractivity (Wildman–Crippen MR) is 107 cm³/mol. The highest BCUT2D eigenvalue weighted by atomic mass is 32.1. The van der Waals surface area contributed by atoms with Crippen LogP contribution in [0.1, 0.15) is 30.8 Å². The van der Waals surface area contributed by atoms with Gasteiger partial charge in [0.05, 0.1) is 19.4 Å². The highest BCUT2D eigenvalue weighted by Gasteiger charge is 2.10. The molecule has 1 aromatic rings. The Bertz CT molecular complexity index is 591. The molecular weight excluding hydrogens is 334 g/mol. The quantitative estimate of drug-likeness (QED) is 0.439. The van der Waals surface area contributed by atoms with E-state index < -0.39 is 0 Å². The SMILES string of the molecule is Cc1cc(/C=N\NC(=S)NCCN2CCOCC2)c(C)n1CC(C)C. The summed E-state index contributed by atoms with van der Waals surface area (Å²) in [5.74, 6) is 0.621. The van der Waals surface area contributed by atoms with Crippen molar-refractivity contribution in [2.24, 2.45) is 11.0 Å². The predicted octanol–water partition coefficient (Wildman–Crippen LogP) is 1.89. The van der Waals surface area contributed by atoms with Gasteiger partial charge in [-0.05, 0) is 38.0 Å². The maximum atomic E-state index is 5.34. The van der Waals surface area contributed by atoms with E-state index in [0.29, 0.717) is 11.0 Å². The molecule has 1 aliphatic rings. The number of aryl methyl sites for hydroxylation is 1. The number of nitrogens with zero attached hydrogens (tertiary/aromatic N) is 3. The van der Waals surface area contributed by atoms with E-state index in [4.69, 9.17) is 17.0 Å². The summed E-state index contributed by atoms with van der Waals surface area (Å²) in [5.41, 5.74) is 6.53. The second-order valence-corrected chi connectivity index (χ2v) is 7.32. The van der Waals surface area contributed by atoms with Gasteiger partial charge in [-0.15, -0.1) is 0 Å². The van der Waals surface area contributed by atoms with Crippen LogP contribution in [0.5, 0.6) is 0 Å². The van der Waals surface area contributed by atoms with E-state index >= 15 is 0 Å². The molecule has 0 spiro atoms. The van der Waals surface area contributed by atoms with Crippen molar-refractivity contribution in [3.05, 3.63) is 23.0 Å². The first-order valence-electron chi connectivity index (χ1n) is 9.01. The molecule has 2 heterocycles. The molecule has 6 nitrogen and oxygen atoms in total. The molecule has 25 heavy (non-hydrogen) atoms. The van der Waals surface area contributed by atoms with E-state index in [1.807, 2.05) is 6.21 Å². The Labute approximate surface area is 156 Å². The van der Waals surface area contributed by atoms with Crippen molar-refractivity contribution in [2.75, 3.05) is 39.4 Å². The van der Waals surface area contributed by atoms with Gasteiger partial charge in [-0.1, -0.05) is 13.8 Å². The van der Waals surface area contributed by atoms with E-state index in [1.165, 1.54) is 11.4 Å². The summed E-state index contributed by atoms with van der Waals surface area (Å²) in [6, 6.07) is 2.16. The van der Waals surface area contributed by atoms with Gasteiger partial charge in [-0.2, -0.15) is 5.10 Å². The van der Waals surface area contributed by atoms with Gasteiger partial charge in [0.2, 0.25) is 0 Å². The van der Waals surface area contributed by atoms with Crippen molar-refractivity contribution in [1.82, 2.24) is 20.2 Å². The fraction of sp³-hybridized carbons (Fsp3) is 0.667. The fourth-order valence-electron chi connectivity index (χ4n) is 2.96. The van der Waals surface area contributed by atoms with Crippen LogP contribution in [-0.4, -0.2) is 60.2 Å². The van der Waals surface area contributed by atoms with Gasteiger partial charge in [0.15, 0.2) is 5.11 Å². The number of hydrogen-bond donors (Lipinski definition) is 2. The normalized spacial score (nSPS) is 15.9. The first-order chi connectivity index (χ1) is 12.0. The second kappa shape index (κ2) is 9.89. The van der Waals surface area contributed by atoms with E-state index in [0.717, 1.165) is 51.5 Å². The highest BCUT2D eigenvalue weighted by molar-refractivity contribution is 7.80. The lowest BCUT2D eigenvalue weighted by Crippen LogP contribution is -2.42. The lowest BCUT2D eigenvalue weighted by atomic mass is 10.2. The van der Waals surface area contributed by atoms with E-state index in [9.17, 15) is 0 Å². The largest absolute Gasteiger partial charge is 0.379 e. The van der Waals surface area contributed by atoms with Crippen LogP contribution >= 0.6 is 12.2 Å². The summed E-state index contributed by atoms with van der Waals surface area (Å²) in [6.45, 7) is 15.2. The number of nitrogens with one attached hydrogen (secondary N) is 2. The van der Waals surface area contributed by atoms with Crippen molar-refractivity contribution in [2.45, 2.75) is 34.2 Å². The molecule has 1 aromatic heterocycles. The van der Waals surface area contributed by atoms with Crippen LogP contribution in [0.15, 0.2) is 11.2 Å². The molecule has 1 fully saturated rings. The molecule has 1 saturated heterocycles. The Balaban J connectivity index is 1.75. The Morgan fingerprint density at radius 2 is 2.08 bits per heavy atom. The molecule has 7 heteroatoms. The molecule has 0 saturated carbocycles. The monoisotopic (exact) mass is 365 g/mol. The Hall–Kier alpha value is -1.44. The van der Waals surface area contributed by atoms with Gasteiger partial charge in [0.1, 0.15) is 0 Å². The van der Waals surface area contributed by atoms with Crippen molar-refractivity contribution in [3.63, 3.8) is 0 Å². The lowest BCUT2D eigenvalue weighted by molar-refractivity contribution is 0.0389. The van der Waals surface area contributed by atoms with Gasteiger partial charge in [-0.3, -0.25) is 10.3 Å². The van der Waals surface area contributed by atoms with Gasteiger partial charge in [0, 0.05) is 49.7 Å². The van der Waals surface area contributed by atoms with Crippen LogP contribution in [0.2, 0.25) is 0 Å². The zero-order valence-corrected chi connectivity index (χ0v) is 16.7. The summed E-state index contributed by atoms with van der Waals surface area (Å²) in [7, 11) is 0. The summed E-state index contributed by atoms with van der Waals surface area (Å²) in [5, 5.41) is 8.02. The fourth-order valence-corrected chi connectivity index (χ4v) is 3.11. The van der Waals surface area contributed by atoms with Gasteiger partial charge >= 0.3 is 0 Å². The van der Waals surface area contributed by atoms with Crippen molar-refractivity contribution >= 4 is 23.5 Å². The highest BCUT2D eigenvalue weighted by Crippen LogP contribution is 2.15. The second-order valence-electron chi connectivity index (χ2n) is 6.91. The molecule has 0 aromatic carbocycles. The van der Waals surface area contributed by atoms with Gasteiger partial charge in [0.25, 0.3) is 0 Å². The Morgan fingerprint density at radius 3 is 2.76 bits per heavy atom.